The van der Waals surface area contributed by atoms with Crippen molar-refractivity contribution in [2.45, 2.75) is 88.6 Å². The van der Waals surface area contributed by atoms with Crippen LogP contribution in [-0.2, 0) is 4.74 Å². The summed E-state index contributed by atoms with van der Waals surface area (Å²) in [6.45, 7) is 8.72. The SMILES string of the molecule is CC(C)(C)OC(=O)N1C2CCC1CN(c1nc(OCC34CCCN3C(CN)CC4)nc3c(F)c(-c4cccc5cccc(Cl)c45)ncc13)C2. The van der Waals surface area contributed by atoms with E-state index in [1.54, 1.807) is 12.3 Å². The van der Waals surface area contributed by atoms with Crippen LogP contribution in [0.25, 0.3) is 32.9 Å². The molecule has 4 unspecified atom stereocenters. The topological polar surface area (TPSA) is 110 Å². The lowest BCUT2D eigenvalue weighted by atomic mass is 9.95. The predicted octanol–water partition coefficient (Wildman–Crippen LogP) is 6.56. The van der Waals surface area contributed by atoms with Gasteiger partial charge in [-0.2, -0.15) is 9.97 Å². The number of ether oxygens (including phenoxy) is 2. The molecule has 2 aromatic heterocycles. The Morgan fingerprint density at radius 1 is 1.08 bits per heavy atom. The summed E-state index contributed by atoms with van der Waals surface area (Å²) in [5, 5.41) is 2.64. The molecule has 2 bridgehead atoms. The maximum Gasteiger partial charge on any atom is 0.410 e. The van der Waals surface area contributed by atoms with E-state index in [0.29, 0.717) is 54.1 Å². The summed E-state index contributed by atoms with van der Waals surface area (Å²) in [6, 6.07) is 11.6. The number of carbonyl (C=O) groups excluding carboxylic acids is 1. The fourth-order valence-corrected chi connectivity index (χ4v) is 9.04. The highest BCUT2D eigenvalue weighted by molar-refractivity contribution is 6.36. The van der Waals surface area contributed by atoms with Crippen molar-refractivity contribution < 1.29 is 18.7 Å². The van der Waals surface area contributed by atoms with E-state index in [4.69, 9.17) is 36.8 Å². The molecular weight excluding hydrogens is 645 g/mol. The molecule has 49 heavy (non-hydrogen) atoms. The molecule has 1 amide bonds. The second-order valence-electron chi connectivity index (χ2n) is 15.1. The molecule has 4 saturated heterocycles. The predicted molar refractivity (Wildman–Crippen MR) is 189 cm³/mol. The third-order valence-corrected chi connectivity index (χ3v) is 11.2. The van der Waals surface area contributed by atoms with Crippen LogP contribution in [0.3, 0.4) is 0 Å². The Balaban J connectivity index is 1.19. The number of anilines is 1. The molecule has 4 atom stereocenters. The maximum atomic E-state index is 16.9. The Labute approximate surface area is 290 Å². The molecule has 4 fully saturated rings. The van der Waals surface area contributed by atoms with E-state index in [1.807, 2.05) is 56.0 Å². The van der Waals surface area contributed by atoms with Gasteiger partial charge in [0.15, 0.2) is 5.82 Å². The molecular formula is C37H43ClFN7O3. The van der Waals surface area contributed by atoms with Gasteiger partial charge in [0.25, 0.3) is 0 Å². The molecule has 2 aromatic carbocycles. The maximum absolute atomic E-state index is 16.9. The number of amides is 1. The van der Waals surface area contributed by atoms with Crippen LogP contribution in [0.5, 0.6) is 6.01 Å². The lowest BCUT2D eigenvalue weighted by molar-refractivity contribution is 0.0122. The normalized spacial score (nSPS) is 25.4. The summed E-state index contributed by atoms with van der Waals surface area (Å²) in [6.07, 6.45) is 7.20. The van der Waals surface area contributed by atoms with Crippen molar-refractivity contribution in [3.05, 3.63) is 53.4 Å². The number of nitrogens with zero attached hydrogens (tertiary/aromatic N) is 6. The summed E-state index contributed by atoms with van der Waals surface area (Å²) in [7, 11) is 0. The number of carbonyl (C=O) groups is 1. The monoisotopic (exact) mass is 687 g/mol. The highest BCUT2D eigenvalue weighted by atomic mass is 35.5. The van der Waals surface area contributed by atoms with Gasteiger partial charge in [-0.25, -0.2) is 9.18 Å². The van der Waals surface area contributed by atoms with Crippen LogP contribution in [0.2, 0.25) is 5.02 Å². The molecule has 4 aromatic rings. The molecule has 0 saturated carbocycles. The summed E-state index contributed by atoms with van der Waals surface area (Å²) in [4.78, 5) is 34.1. The van der Waals surface area contributed by atoms with Crippen LogP contribution in [0.4, 0.5) is 15.0 Å². The van der Waals surface area contributed by atoms with E-state index in [1.165, 1.54) is 0 Å². The van der Waals surface area contributed by atoms with Crippen molar-refractivity contribution in [2.24, 2.45) is 5.73 Å². The van der Waals surface area contributed by atoms with Gasteiger partial charge < -0.3 is 20.1 Å². The van der Waals surface area contributed by atoms with Crippen molar-refractivity contribution in [3.8, 4) is 17.3 Å². The van der Waals surface area contributed by atoms with Crippen molar-refractivity contribution in [3.63, 3.8) is 0 Å². The number of benzene rings is 2. The molecule has 0 aliphatic carbocycles. The van der Waals surface area contributed by atoms with Crippen LogP contribution in [-0.4, -0.2) is 92.9 Å². The summed E-state index contributed by atoms with van der Waals surface area (Å²) >= 11 is 6.65. The largest absolute Gasteiger partial charge is 0.461 e. The van der Waals surface area contributed by atoms with Gasteiger partial charge in [-0.15, -0.1) is 0 Å². The fourth-order valence-electron chi connectivity index (χ4n) is 8.76. The number of piperazine rings is 1. The Hall–Kier alpha value is -3.80. The van der Waals surface area contributed by atoms with Crippen molar-refractivity contribution in [1.82, 2.24) is 24.8 Å². The minimum atomic E-state index is -0.587. The third-order valence-electron chi connectivity index (χ3n) is 10.9. The molecule has 10 nitrogen and oxygen atoms in total. The van der Waals surface area contributed by atoms with E-state index >= 15 is 4.39 Å². The molecule has 258 valence electrons. The summed E-state index contributed by atoms with van der Waals surface area (Å²) in [5.41, 5.74) is 6.32. The number of rotatable bonds is 6. The standard InChI is InChI=1S/C37H43ClFN7O3/c1-36(2,3)49-35(47)46-24-11-12-25(46)20-44(19-24)33-27-18-41-31(26-9-4-7-22-8-5-10-28(38)29(22)26)30(39)32(27)42-34(43-33)48-21-37-14-6-16-45(37)23(17-40)13-15-37/h4-5,7-10,18,23-25H,6,11-17,19-21,40H2,1-3H3. The summed E-state index contributed by atoms with van der Waals surface area (Å²) in [5.74, 6) is 0.000163. The molecule has 8 rings (SSSR count). The van der Waals surface area contributed by atoms with E-state index in [2.05, 4.69) is 14.8 Å². The van der Waals surface area contributed by atoms with Gasteiger partial charge in [0.2, 0.25) is 0 Å². The van der Waals surface area contributed by atoms with E-state index in [-0.39, 0.29) is 40.9 Å². The van der Waals surface area contributed by atoms with Crippen molar-refractivity contribution >= 4 is 45.2 Å². The van der Waals surface area contributed by atoms with Crippen LogP contribution in [0.1, 0.15) is 59.3 Å². The van der Waals surface area contributed by atoms with E-state index < -0.39 is 11.4 Å². The highest BCUT2D eigenvalue weighted by Crippen LogP contribution is 2.43. The van der Waals surface area contributed by atoms with Crippen molar-refractivity contribution in [1.29, 1.82) is 0 Å². The first-order chi connectivity index (χ1) is 23.5. The van der Waals surface area contributed by atoms with Crippen LogP contribution in [0, 0.1) is 5.82 Å². The van der Waals surface area contributed by atoms with Gasteiger partial charge in [-0.05, 0) is 77.3 Å². The molecule has 0 spiro atoms. The Bertz CT molecular complexity index is 1920. The lowest BCUT2D eigenvalue weighted by Crippen LogP contribution is -2.57. The Kier molecular flexibility index (Phi) is 8.07. The van der Waals surface area contributed by atoms with Gasteiger partial charge >= 0.3 is 12.1 Å². The Morgan fingerprint density at radius 2 is 1.84 bits per heavy atom. The quantitative estimate of drug-likeness (QED) is 0.241. The number of hydrogen-bond donors (Lipinski definition) is 1. The van der Waals surface area contributed by atoms with Gasteiger partial charge in [0, 0.05) is 47.8 Å². The van der Waals surface area contributed by atoms with Crippen LogP contribution in [0.15, 0.2) is 42.6 Å². The molecule has 6 heterocycles. The average Bonchev–Trinajstić information content (AvgIpc) is 3.72. The average molecular weight is 688 g/mol. The second-order valence-corrected chi connectivity index (χ2v) is 15.5. The molecule has 4 aliphatic heterocycles. The minimum absolute atomic E-state index is 0.0597. The van der Waals surface area contributed by atoms with Crippen LogP contribution < -0.4 is 15.4 Å². The lowest BCUT2D eigenvalue weighted by Gasteiger charge is -2.42. The second kappa shape index (κ2) is 12.2. The smallest absolute Gasteiger partial charge is 0.410 e. The molecule has 4 aliphatic rings. The Morgan fingerprint density at radius 3 is 2.57 bits per heavy atom. The van der Waals surface area contributed by atoms with Crippen LogP contribution >= 0.6 is 11.6 Å². The summed E-state index contributed by atoms with van der Waals surface area (Å²) < 4.78 is 29.2. The number of nitrogens with two attached hydrogens (primary N) is 1. The van der Waals surface area contributed by atoms with Gasteiger partial charge in [-0.1, -0.05) is 41.9 Å². The number of hydrogen-bond acceptors (Lipinski definition) is 9. The number of pyridine rings is 1. The van der Waals surface area contributed by atoms with Gasteiger partial charge in [-0.3, -0.25) is 14.8 Å². The molecule has 0 radical (unpaired) electrons. The van der Waals surface area contributed by atoms with Gasteiger partial charge in [0.05, 0.1) is 23.0 Å². The highest BCUT2D eigenvalue weighted by Gasteiger charge is 2.49. The number of aromatic nitrogens is 3. The third kappa shape index (κ3) is 5.63. The number of halogens is 2. The minimum Gasteiger partial charge on any atom is -0.461 e. The number of fused-ring (bicyclic) bond motifs is 5. The first-order valence-corrected chi connectivity index (χ1v) is 17.8. The zero-order valence-corrected chi connectivity index (χ0v) is 29.0. The van der Waals surface area contributed by atoms with E-state index in [9.17, 15) is 4.79 Å². The zero-order valence-electron chi connectivity index (χ0n) is 28.3. The van der Waals surface area contributed by atoms with E-state index in [0.717, 1.165) is 55.8 Å². The zero-order chi connectivity index (χ0) is 34.1. The van der Waals surface area contributed by atoms with Crippen molar-refractivity contribution in [2.75, 3.05) is 37.7 Å². The molecule has 2 N–H and O–H groups in total. The van der Waals surface area contributed by atoms with Gasteiger partial charge in [0.1, 0.15) is 29.2 Å². The molecule has 12 heteroatoms. The first kappa shape index (κ1) is 32.4. The first-order valence-electron chi connectivity index (χ1n) is 17.4. The fraction of sp³-hybridized carbons (Fsp3) is 0.514.